The standard InChI is InChI=1S/C26H21Cl2N3O6S.Na/c1-3-14-8-11-21(38(34,35)36)22(28)23(14)30-31-24-17-7-5-4-6-15(17)12-18(25(24)32)26(33)29-19-13-16(27)9-10-20(19)37-2;/h4-13,32H,3H2,1-2H3,(H,29,33)(H,34,35,36);/q;+1/p-1. The molecule has 0 aliphatic carbocycles. The average molecular weight is 596 g/mol. The van der Waals surface area contributed by atoms with Crippen LogP contribution in [0.15, 0.2) is 75.8 Å². The third-order valence-electron chi connectivity index (χ3n) is 5.70. The van der Waals surface area contributed by atoms with Gasteiger partial charge in [-0.05, 0) is 47.7 Å². The molecule has 9 nitrogen and oxygen atoms in total. The topological polar surface area (TPSA) is 140 Å². The van der Waals surface area contributed by atoms with E-state index >= 15 is 0 Å². The summed E-state index contributed by atoms with van der Waals surface area (Å²) in [4.78, 5) is 12.7. The van der Waals surface area contributed by atoms with Crippen LogP contribution >= 0.6 is 23.2 Å². The number of anilines is 1. The van der Waals surface area contributed by atoms with Crippen LogP contribution in [0.2, 0.25) is 10.0 Å². The fraction of sp³-hybridized carbons (Fsp3) is 0.115. The van der Waals surface area contributed by atoms with Crippen LogP contribution in [0.5, 0.6) is 11.5 Å². The second kappa shape index (κ2) is 12.6. The summed E-state index contributed by atoms with van der Waals surface area (Å²) in [5.74, 6) is -1.10. The molecule has 0 radical (unpaired) electrons. The third-order valence-corrected chi connectivity index (χ3v) is 7.33. The quantitative estimate of drug-likeness (QED) is 0.189. The van der Waals surface area contributed by atoms with E-state index in [-0.39, 0.29) is 57.2 Å². The van der Waals surface area contributed by atoms with Crippen molar-refractivity contribution < 1.29 is 57.2 Å². The maximum atomic E-state index is 13.5. The van der Waals surface area contributed by atoms with Crippen LogP contribution in [0.3, 0.4) is 0 Å². The van der Waals surface area contributed by atoms with E-state index in [9.17, 15) is 22.9 Å². The summed E-state index contributed by atoms with van der Waals surface area (Å²) in [7, 11) is -3.20. The number of nitrogens with one attached hydrogen (secondary N) is 1. The molecule has 196 valence electrons. The second-order valence-electron chi connectivity index (χ2n) is 8.04. The van der Waals surface area contributed by atoms with E-state index in [2.05, 4.69) is 15.5 Å². The van der Waals surface area contributed by atoms with Gasteiger partial charge in [0.05, 0.1) is 23.5 Å². The molecule has 0 spiro atoms. The van der Waals surface area contributed by atoms with Crippen molar-refractivity contribution in [2.75, 3.05) is 12.4 Å². The number of rotatable bonds is 7. The van der Waals surface area contributed by atoms with Crippen molar-refractivity contribution >= 4 is 67.1 Å². The van der Waals surface area contributed by atoms with Gasteiger partial charge >= 0.3 is 29.6 Å². The average Bonchev–Trinajstić information content (AvgIpc) is 2.87. The molecule has 13 heteroatoms. The Morgan fingerprint density at radius 3 is 2.41 bits per heavy atom. The monoisotopic (exact) mass is 595 g/mol. The molecule has 1 amide bonds. The zero-order valence-electron chi connectivity index (χ0n) is 21.0. The molecule has 39 heavy (non-hydrogen) atoms. The molecule has 0 aromatic heterocycles. The van der Waals surface area contributed by atoms with E-state index in [4.69, 9.17) is 27.9 Å². The SMILES string of the molecule is CCc1ccc(S(=O)(=O)O)c(Cl)c1N=Nc1c([O-])c(C(=O)Nc2cc(Cl)ccc2OC)cc2ccccc12.[Na+]. The number of methoxy groups -OCH3 is 1. The first kappa shape index (κ1) is 30.8. The first-order valence-electron chi connectivity index (χ1n) is 11.1. The number of nitrogens with zero attached hydrogens (tertiary/aromatic N) is 2. The van der Waals surface area contributed by atoms with Crippen molar-refractivity contribution in [3.63, 3.8) is 0 Å². The van der Waals surface area contributed by atoms with Gasteiger partial charge in [-0.25, -0.2) is 0 Å². The molecular formula is C26H20Cl2N3NaO6S. The predicted octanol–water partition coefficient (Wildman–Crippen LogP) is 3.71. The second-order valence-corrected chi connectivity index (χ2v) is 10.2. The van der Waals surface area contributed by atoms with Crippen molar-refractivity contribution in [2.24, 2.45) is 10.2 Å². The van der Waals surface area contributed by atoms with E-state index in [1.807, 2.05) is 0 Å². The van der Waals surface area contributed by atoms with Crippen molar-refractivity contribution in [3.05, 3.63) is 81.8 Å². The van der Waals surface area contributed by atoms with Crippen LogP contribution in [0.25, 0.3) is 10.8 Å². The summed E-state index contributed by atoms with van der Waals surface area (Å²) in [5.41, 5.74) is 0.410. The molecule has 4 rings (SSSR count). The molecule has 2 N–H and O–H groups in total. The molecule has 0 saturated heterocycles. The molecule has 4 aromatic carbocycles. The number of carbonyl (C=O) groups is 1. The van der Waals surface area contributed by atoms with Crippen LogP contribution in [0.1, 0.15) is 22.8 Å². The Kier molecular flexibility index (Phi) is 10.0. The van der Waals surface area contributed by atoms with Gasteiger partial charge in [0, 0.05) is 16.0 Å². The van der Waals surface area contributed by atoms with Gasteiger partial charge in [-0.15, -0.1) is 5.11 Å². The number of fused-ring (bicyclic) bond motifs is 1. The van der Waals surface area contributed by atoms with Crippen molar-refractivity contribution in [1.29, 1.82) is 0 Å². The number of hydrogen-bond donors (Lipinski definition) is 2. The zero-order valence-corrected chi connectivity index (χ0v) is 25.4. The van der Waals surface area contributed by atoms with Gasteiger partial charge in [0.15, 0.2) is 0 Å². The molecule has 0 saturated carbocycles. The first-order valence-corrected chi connectivity index (χ1v) is 13.3. The number of benzene rings is 4. The van der Waals surface area contributed by atoms with Gasteiger partial charge in [-0.2, -0.15) is 13.5 Å². The molecule has 4 aromatic rings. The molecular weight excluding hydrogens is 576 g/mol. The van der Waals surface area contributed by atoms with Gasteiger partial charge in [0.2, 0.25) is 0 Å². The van der Waals surface area contributed by atoms with Crippen LogP contribution < -0.4 is 44.7 Å². The van der Waals surface area contributed by atoms with Crippen molar-refractivity contribution in [3.8, 4) is 11.5 Å². The minimum atomic E-state index is -4.63. The molecule has 0 fully saturated rings. The number of halogens is 2. The van der Waals surface area contributed by atoms with Gasteiger partial charge in [0.25, 0.3) is 16.0 Å². The number of aryl methyl sites for hydroxylation is 1. The number of ether oxygens (including phenoxy) is 1. The Morgan fingerprint density at radius 2 is 1.74 bits per heavy atom. The van der Waals surface area contributed by atoms with Crippen LogP contribution in [-0.4, -0.2) is 26.0 Å². The van der Waals surface area contributed by atoms with Crippen LogP contribution in [0.4, 0.5) is 17.1 Å². The number of azo groups is 1. The minimum Gasteiger partial charge on any atom is -0.870 e. The molecule has 0 unspecified atom stereocenters. The summed E-state index contributed by atoms with van der Waals surface area (Å²) >= 11 is 12.3. The summed E-state index contributed by atoms with van der Waals surface area (Å²) < 4.78 is 38.2. The molecule has 0 aliphatic rings. The summed E-state index contributed by atoms with van der Waals surface area (Å²) in [5, 5.41) is 25.3. The molecule has 0 heterocycles. The Hall–Kier alpha value is -2.70. The smallest absolute Gasteiger partial charge is 0.870 e. The van der Waals surface area contributed by atoms with Gasteiger partial charge in [0.1, 0.15) is 16.3 Å². The Labute approximate surface area is 256 Å². The van der Waals surface area contributed by atoms with Gasteiger partial charge in [-0.1, -0.05) is 66.2 Å². The van der Waals surface area contributed by atoms with Gasteiger partial charge in [-0.3, -0.25) is 9.35 Å². The molecule has 0 atom stereocenters. The van der Waals surface area contributed by atoms with E-state index in [0.29, 0.717) is 33.5 Å². The maximum Gasteiger partial charge on any atom is 1.00 e. The zero-order chi connectivity index (χ0) is 27.6. The number of hydrogen-bond acceptors (Lipinski definition) is 7. The minimum absolute atomic E-state index is 0. The van der Waals surface area contributed by atoms with E-state index in [0.717, 1.165) is 0 Å². The van der Waals surface area contributed by atoms with Gasteiger partial charge < -0.3 is 15.2 Å². The summed E-state index contributed by atoms with van der Waals surface area (Å²) in [6.07, 6.45) is 0.411. The Bertz CT molecular complexity index is 1710. The summed E-state index contributed by atoms with van der Waals surface area (Å²) in [6.45, 7) is 1.79. The Balaban J connectivity index is 0.00000420. The summed E-state index contributed by atoms with van der Waals surface area (Å²) in [6, 6.07) is 15.5. The first-order chi connectivity index (χ1) is 18.0. The normalized spacial score (nSPS) is 11.4. The van der Waals surface area contributed by atoms with Crippen LogP contribution in [0, 0.1) is 0 Å². The van der Waals surface area contributed by atoms with E-state index < -0.39 is 26.7 Å². The fourth-order valence-corrected chi connectivity index (χ4v) is 5.07. The van der Waals surface area contributed by atoms with E-state index in [1.165, 1.54) is 31.4 Å². The Morgan fingerprint density at radius 1 is 1.05 bits per heavy atom. The van der Waals surface area contributed by atoms with Crippen molar-refractivity contribution in [1.82, 2.24) is 0 Å². The van der Waals surface area contributed by atoms with Crippen molar-refractivity contribution in [2.45, 2.75) is 18.2 Å². The largest absolute Gasteiger partial charge is 1.00 e. The maximum absolute atomic E-state index is 13.5. The number of carbonyl (C=O) groups excluding carboxylic acids is 1. The fourth-order valence-electron chi connectivity index (χ4n) is 3.82. The van der Waals surface area contributed by atoms with Crippen LogP contribution in [-0.2, 0) is 16.5 Å². The molecule has 0 aliphatic heterocycles. The van der Waals surface area contributed by atoms with E-state index in [1.54, 1.807) is 43.3 Å². The number of amides is 1. The predicted molar refractivity (Wildman–Crippen MR) is 144 cm³/mol. The third kappa shape index (κ3) is 6.55. The molecule has 0 bridgehead atoms.